The molecule has 3 N–H and O–H groups in total. The molecule has 0 saturated heterocycles. The highest BCUT2D eigenvalue weighted by molar-refractivity contribution is 6.32. The van der Waals surface area contributed by atoms with Gasteiger partial charge in [0.05, 0.1) is 10.6 Å². The predicted octanol–water partition coefficient (Wildman–Crippen LogP) is 2.30. The van der Waals surface area contributed by atoms with Crippen LogP contribution in [-0.2, 0) is 6.54 Å². The van der Waals surface area contributed by atoms with E-state index in [-0.39, 0.29) is 5.75 Å². The van der Waals surface area contributed by atoms with Crippen molar-refractivity contribution in [3.63, 3.8) is 0 Å². The summed E-state index contributed by atoms with van der Waals surface area (Å²) in [6, 6.07) is 5.08. The van der Waals surface area contributed by atoms with Crippen molar-refractivity contribution in [3.8, 4) is 5.75 Å². The fourth-order valence-electron chi connectivity index (χ4n) is 1.26. The molecule has 0 bridgehead atoms. The van der Waals surface area contributed by atoms with Crippen LogP contribution in [0.4, 0.5) is 0 Å². The van der Waals surface area contributed by atoms with Crippen molar-refractivity contribution in [2.45, 2.75) is 32.4 Å². The summed E-state index contributed by atoms with van der Waals surface area (Å²) in [5.41, 5.74) is 0.301. The van der Waals surface area contributed by atoms with Crippen LogP contribution in [-0.4, -0.2) is 22.4 Å². The number of phenolic OH excluding ortho intramolecular Hbond substituents is 1. The van der Waals surface area contributed by atoms with Crippen LogP contribution in [0.2, 0.25) is 5.02 Å². The number of phenols is 1. The maximum Gasteiger partial charge on any atom is 0.134 e. The van der Waals surface area contributed by atoms with Gasteiger partial charge in [-0.15, -0.1) is 0 Å². The minimum Gasteiger partial charge on any atom is -0.506 e. The van der Waals surface area contributed by atoms with Crippen LogP contribution in [0.25, 0.3) is 0 Å². The van der Waals surface area contributed by atoms with Crippen LogP contribution in [0, 0.1) is 0 Å². The molecule has 0 aliphatic rings. The van der Waals surface area contributed by atoms with Crippen molar-refractivity contribution < 1.29 is 10.2 Å². The van der Waals surface area contributed by atoms with E-state index in [0.717, 1.165) is 5.56 Å². The molecular weight excluding hydrogens is 226 g/mol. The number of hydrogen-bond acceptors (Lipinski definition) is 3. The monoisotopic (exact) mass is 243 g/mol. The minimum absolute atomic E-state index is 0.0889. The Morgan fingerprint density at radius 1 is 1.44 bits per heavy atom. The number of aromatic hydroxyl groups is 1. The highest BCUT2D eigenvalue weighted by Gasteiger charge is 2.16. The Hall–Kier alpha value is -0.770. The van der Waals surface area contributed by atoms with E-state index in [0.29, 0.717) is 24.5 Å². The van der Waals surface area contributed by atoms with Crippen molar-refractivity contribution in [2.75, 3.05) is 6.54 Å². The van der Waals surface area contributed by atoms with Crippen LogP contribution in [0.5, 0.6) is 5.75 Å². The molecule has 0 aliphatic carbocycles. The van der Waals surface area contributed by atoms with Crippen LogP contribution in [0.3, 0.4) is 0 Å². The molecule has 0 aliphatic heterocycles. The quantitative estimate of drug-likeness (QED) is 0.744. The van der Waals surface area contributed by atoms with Crippen LogP contribution >= 0.6 is 11.6 Å². The Morgan fingerprint density at radius 2 is 2.12 bits per heavy atom. The summed E-state index contributed by atoms with van der Waals surface area (Å²) in [7, 11) is 0. The Bertz CT molecular complexity index is 353. The fraction of sp³-hybridized carbons (Fsp3) is 0.500. The molecule has 1 rings (SSSR count). The van der Waals surface area contributed by atoms with Crippen molar-refractivity contribution >= 4 is 11.6 Å². The third-order valence-electron chi connectivity index (χ3n) is 2.61. The van der Waals surface area contributed by atoms with Gasteiger partial charge < -0.3 is 15.5 Å². The molecular formula is C12H18ClNO2. The van der Waals surface area contributed by atoms with Crippen molar-refractivity contribution in [1.82, 2.24) is 5.32 Å². The van der Waals surface area contributed by atoms with Gasteiger partial charge in [-0.25, -0.2) is 0 Å². The largest absolute Gasteiger partial charge is 0.506 e. The molecule has 0 heterocycles. The first-order valence-electron chi connectivity index (χ1n) is 5.35. The standard InChI is InChI=1S/C12H18ClNO2/c1-3-12(2,16)8-14-7-9-4-5-11(15)10(13)6-9/h4-6,14-16H,3,7-8H2,1-2H3. The van der Waals surface area contributed by atoms with E-state index in [2.05, 4.69) is 5.32 Å². The zero-order valence-electron chi connectivity index (χ0n) is 9.63. The predicted molar refractivity (Wildman–Crippen MR) is 65.7 cm³/mol. The first-order valence-corrected chi connectivity index (χ1v) is 5.73. The van der Waals surface area contributed by atoms with Crippen molar-refractivity contribution in [3.05, 3.63) is 28.8 Å². The lowest BCUT2D eigenvalue weighted by molar-refractivity contribution is 0.0555. The van der Waals surface area contributed by atoms with E-state index in [1.54, 1.807) is 25.1 Å². The Kier molecular flexibility index (Phi) is 4.59. The zero-order valence-corrected chi connectivity index (χ0v) is 10.4. The molecule has 0 aromatic heterocycles. The molecule has 3 nitrogen and oxygen atoms in total. The number of nitrogens with one attached hydrogen (secondary N) is 1. The Labute approximate surface area is 101 Å². The fourth-order valence-corrected chi connectivity index (χ4v) is 1.46. The van der Waals surface area contributed by atoms with E-state index < -0.39 is 5.60 Å². The summed E-state index contributed by atoms with van der Waals surface area (Å²) in [6.07, 6.45) is 0.705. The highest BCUT2D eigenvalue weighted by Crippen LogP contribution is 2.23. The van der Waals surface area contributed by atoms with Gasteiger partial charge in [0.15, 0.2) is 0 Å². The first kappa shape index (κ1) is 13.3. The highest BCUT2D eigenvalue weighted by atomic mass is 35.5. The average molecular weight is 244 g/mol. The molecule has 1 atom stereocenters. The third-order valence-corrected chi connectivity index (χ3v) is 2.91. The Morgan fingerprint density at radius 3 is 2.69 bits per heavy atom. The zero-order chi connectivity index (χ0) is 12.2. The second-order valence-electron chi connectivity index (χ2n) is 4.24. The number of aliphatic hydroxyl groups is 1. The van der Waals surface area contributed by atoms with Gasteiger partial charge in [-0.3, -0.25) is 0 Å². The molecule has 4 heteroatoms. The number of rotatable bonds is 5. The summed E-state index contributed by atoms with van der Waals surface area (Å²) in [4.78, 5) is 0. The normalized spacial score (nSPS) is 14.8. The number of benzene rings is 1. The summed E-state index contributed by atoms with van der Waals surface area (Å²) in [5.74, 6) is 0.0889. The van der Waals surface area contributed by atoms with Gasteiger partial charge in [-0.2, -0.15) is 0 Å². The van der Waals surface area contributed by atoms with Crippen LogP contribution in [0.1, 0.15) is 25.8 Å². The lowest BCUT2D eigenvalue weighted by Crippen LogP contribution is -2.36. The topological polar surface area (TPSA) is 52.5 Å². The number of halogens is 1. The summed E-state index contributed by atoms with van der Waals surface area (Å²) in [6.45, 7) is 4.89. The lowest BCUT2D eigenvalue weighted by Gasteiger charge is -2.21. The van der Waals surface area contributed by atoms with Gasteiger partial charge in [0.2, 0.25) is 0 Å². The lowest BCUT2D eigenvalue weighted by atomic mass is 10.0. The van der Waals surface area contributed by atoms with Gasteiger partial charge >= 0.3 is 0 Å². The molecule has 0 radical (unpaired) electrons. The maximum absolute atomic E-state index is 9.77. The molecule has 0 fully saturated rings. The smallest absolute Gasteiger partial charge is 0.134 e. The molecule has 0 saturated carbocycles. The van der Waals surface area contributed by atoms with Crippen molar-refractivity contribution in [2.24, 2.45) is 0 Å². The molecule has 90 valence electrons. The maximum atomic E-state index is 9.77. The Balaban J connectivity index is 2.46. The van der Waals surface area contributed by atoms with Gasteiger partial charge in [0, 0.05) is 13.1 Å². The molecule has 16 heavy (non-hydrogen) atoms. The second kappa shape index (κ2) is 5.53. The average Bonchev–Trinajstić information content (AvgIpc) is 2.23. The van der Waals surface area contributed by atoms with Crippen LogP contribution < -0.4 is 5.32 Å². The first-order chi connectivity index (χ1) is 7.44. The van der Waals surface area contributed by atoms with E-state index >= 15 is 0 Å². The third kappa shape index (κ3) is 4.00. The summed E-state index contributed by atoms with van der Waals surface area (Å²) < 4.78 is 0. The van der Waals surface area contributed by atoms with E-state index in [4.69, 9.17) is 11.6 Å². The van der Waals surface area contributed by atoms with Crippen molar-refractivity contribution in [1.29, 1.82) is 0 Å². The number of hydrogen-bond donors (Lipinski definition) is 3. The minimum atomic E-state index is -0.680. The molecule has 1 unspecified atom stereocenters. The second-order valence-corrected chi connectivity index (χ2v) is 4.65. The molecule has 0 spiro atoms. The molecule has 0 amide bonds. The van der Waals surface area contributed by atoms with Gasteiger partial charge in [0.25, 0.3) is 0 Å². The van der Waals surface area contributed by atoms with Gasteiger partial charge in [-0.05, 0) is 31.0 Å². The van der Waals surface area contributed by atoms with E-state index in [1.165, 1.54) is 0 Å². The van der Waals surface area contributed by atoms with Crippen LogP contribution in [0.15, 0.2) is 18.2 Å². The van der Waals surface area contributed by atoms with Gasteiger partial charge in [-0.1, -0.05) is 24.6 Å². The SMILES string of the molecule is CCC(C)(O)CNCc1ccc(O)c(Cl)c1. The summed E-state index contributed by atoms with van der Waals surface area (Å²) >= 11 is 5.78. The van der Waals surface area contributed by atoms with Gasteiger partial charge in [0.1, 0.15) is 5.75 Å². The molecule has 1 aromatic rings. The molecule has 1 aromatic carbocycles. The summed E-state index contributed by atoms with van der Waals surface area (Å²) in [5, 5.41) is 22.5. The van der Waals surface area contributed by atoms with E-state index in [1.807, 2.05) is 6.92 Å². The van der Waals surface area contributed by atoms with E-state index in [9.17, 15) is 10.2 Å².